The Morgan fingerprint density at radius 1 is 0.974 bits per heavy atom. The van der Waals surface area contributed by atoms with Gasteiger partial charge in [0.1, 0.15) is 5.54 Å². The number of aliphatic carboxylic acids is 1. The van der Waals surface area contributed by atoms with Gasteiger partial charge in [-0.2, -0.15) is 0 Å². The smallest absolute Gasteiger partial charge is 0.325 e. The van der Waals surface area contributed by atoms with Crippen molar-refractivity contribution in [2.75, 3.05) is 6.54 Å². The van der Waals surface area contributed by atoms with Gasteiger partial charge in [-0.25, -0.2) is 0 Å². The summed E-state index contributed by atoms with van der Waals surface area (Å²) in [6.45, 7) is 4.36. The van der Waals surface area contributed by atoms with E-state index >= 15 is 0 Å². The Hall–Kier alpha value is -3.77. The molecule has 3 aromatic rings. The van der Waals surface area contributed by atoms with Gasteiger partial charge in [-0.15, -0.1) is 0 Å². The van der Waals surface area contributed by atoms with Crippen molar-refractivity contribution in [1.82, 2.24) is 10.2 Å². The van der Waals surface area contributed by atoms with Crippen LogP contribution in [0.4, 0.5) is 0 Å². The van der Waals surface area contributed by atoms with E-state index in [4.69, 9.17) is 0 Å². The Labute approximate surface area is 229 Å². The number of carboxylic acid groups (broad SMARTS) is 1. The standard InChI is InChI=1S/C33H36N2O4/c1-3-4-5-6-7-12-19-35-30(36)27-28(31(35)37)33(32(38)39,34-29(27)26-16-11-8-13-22(26)2)21-23-17-18-24-14-9-10-15-25(24)20-23/h6-11,13-18,20,27-29,34H,3-5,12,19,21H2,1-2H3,(H,38,39). The fourth-order valence-corrected chi connectivity index (χ4v) is 6.35. The van der Waals surface area contributed by atoms with Gasteiger partial charge in [0, 0.05) is 19.0 Å². The SMILES string of the molecule is CCCCC=CCCN1C(=O)C2C(c3ccccc3C)NC(Cc3ccc4ccccc4c3)(C(=O)O)C2C1=O. The second-order valence-electron chi connectivity index (χ2n) is 10.8. The molecule has 0 bridgehead atoms. The van der Waals surface area contributed by atoms with E-state index in [-0.39, 0.29) is 18.9 Å². The van der Waals surface area contributed by atoms with Gasteiger partial charge in [-0.1, -0.05) is 98.6 Å². The van der Waals surface area contributed by atoms with Gasteiger partial charge in [0.15, 0.2) is 0 Å². The first-order valence-corrected chi connectivity index (χ1v) is 13.9. The number of fused-ring (bicyclic) bond motifs is 2. The number of unbranched alkanes of at least 4 members (excludes halogenated alkanes) is 2. The molecule has 0 aliphatic carbocycles. The molecule has 4 atom stereocenters. The molecule has 3 aromatic carbocycles. The van der Waals surface area contributed by atoms with Crippen LogP contribution in [0.3, 0.4) is 0 Å². The summed E-state index contributed by atoms with van der Waals surface area (Å²) in [5.74, 6) is -3.56. The predicted octanol–water partition coefficient (Wildman–Crippen LogP) is 5.60. The van der Waals surface area contributed by atoms with E-state index in [1.807, 2.05) is 79.7 Å². The number of hydrogen-bond acceptors (Lipinski definition) is 4. The first-order chi connectivity index (χ1) is 18.9. The van der Waals surface area contributed by atoms with Gasteiger partial charge in [-0.3, -0.25) is 24.6 Å². The number of likely N-dealkylation sites (tertiary alicyclic amines) is 1. The number of benzene rings is 3. The second-order valence-corrected chi connectivity index (χ2v) is 10.8. The van der Waals surface area contributed by atoms with Crippen molar-refractivity contribution in [3.05, 3.63) is 95.6 Å². The molecular weight excluding hydrogens is 488 g/mol. The van der Waals surface area contributed by atoms with Crippen molar-refractivity contribution in [3.63, 3.8) is 0 Å². The number of allylic oxidation sites excluding steroid dienone is 1. The first-order valence-electron chi connectivity index (χ1n) is 13.9. The van der Waals surface area contributed by atoms with Crippen molar-refractivity contribution < 1.29 is 19.5 Å². The van der Waals surface area contributed by atoms with Crippen molar-refractivity contribution in [2.24, 2.45) is 11.8 Å². The van der Waals surface area contributed by atoms with Crippen molar-refractivity contribution in [1.29, 1.82) is 0 Å². The number of imide groups is 1. The summed E-state index contributed by atoms with van der Waals surface area (Å²) in [4.78, 5) is 42.2. The molecule has 5 rings (SSSR count). The highest BCUT2D eigenvalue weighted by Crippen LogP contribution is 2.50. The van der Waals surface area contributed by atoms with Crippen LogP contribution in [0.1, 0.15) is 55.3 Å². The summed E-state index contributed by atoms with van der Waals surface area (Å²) in [5.41, 5.74) is 1.01. The summed E-state index contributed by atoms with van der Waals surface area (Å²) in [5, 5.41) is 16.2. The van der Waals surface area contributed by atoms with Crippen LogP contribution in [0.25, 0.3) is 10.8 Å². The number of nitrogens with one attached hydrogen (secondary N) is 1. The quantitative estimate of drug-likeness (QED) is 0.205. The maximum absolute atomic E-state index is 13.9. The highest BCUT2D eigenvalue weighted by Gasteiger charge is 2.68. The van der Waals surface area contributed by atoms with Crippen LogP contribution in [0.5, 0.6) is 0 Å². The Morgan fingerprint density at radius 3 is 2.44 bits per heavy atom. The highest BCUT2D eigenvalue weighted by molar-refractivity contribution is 6.09. The minimum atomic E-state index is -1.61. The third-order valence-corrected chi connectivity index (χ3v) is 8.36. The topological polar surface area (TPSA) is 86.7 Å². The van der Waals surface area contributed by atoms with E-state index in [1.165, 1.54) is 4.90 Å². The molecule has 4 unspecified atom stereocenters. The van der Waals surface area contributed by atoms with Crippen LogP contribution in [0.2, 0.25) is 0 Å². The molecule has 2 saturated heterocycles. The number of nitrogens with zero attached hydrogens (tertiary/aromatic N) is 1. The second kappa shape index (κ2) is 11.1. The maximum atomic E-state index is 13.9. The lowest BCUT2D eigenvalue weighted by Gasteiger charge is -2.31. The Morgan fingerprint density at radius 2 is 1.69 bits per heavy atom. The summed E-state index contributed by atoms with van der Waals surface area (Å²) >= 11 is 0. The minimum absolute atomic E-state index is 0.0977. The lowest BCUT2D eigenvalue weighted by atomic mass is 9.76. The van der Waals surface area contributed by atoms with Gasteiger partial charge < -0.3 is 5.11 Å². The van der Waals surface area contributed by atoms with E-state index in [1.54, 1.807) is 0 Å². The lowest BCUT2D eigenvalue weighted by molar-refractivity contribution is -0.151. The van der Waals surface area contributed by atoms with Gasteiger partial charge in [0.25, 0.3) is 0 Å². The molecule has 0 aromatic heterocycles. The van der Waals surface area contributed by atoms with Crippen molar-refractivity contribution in [3.8, 4) is 0 Å². The van der Waals surface area contributed by atoms with Crippen LogP contribution < -0.4 is 5.32 Å². The summed E-state index contributed by atoms with van der Waals surface area (Å²) in [7, 11) is 0. The number of aryl methyl sites for hydroxylation is 1. The Kier molecular flexibility index (Phi) is 7.67. The number of amides is 2. The van der Waals surface area contributed by atoms with E-state index in [0.29, 0.717) is 6.42 Å². The fourth-order valence-electron chi connectivity index (χ4n) is 6.35. The van der Waals surface area contributed by atoms with E-state index in [9.17, 15) is 19.5 Å². The summed E-state index contributed by atoms with van der Waals surface area (Å²) in [6.07, 6.45) is 7.95. The largest absolute Gasteiger partial charge is 0.480 e. The number of rotatable bonds is 10. The molecule has 2 heterocycles. The summed E-state index contributed by atoms with van der Waals surface area (Å²) < 4.78 is 0. The van der Waals surface area contributed by atoms with Crippen molar-refractivity contribution >= 4 is 28.6 Å². The Balaban J connectivity index is 1.53. The third-order valence-electron chi connectivity index (χ3n) is 8.36. The average Bonchev–Trinajstić information content (AvgIpc) is 3.40. The van der Waals surface area contributed by atoms with E-state index in [0.717, 1.165) is 46.7 Å². The van der Waals surface area contributed by atoms with Crippen molar-refractivity contribution in [2.45, 2.75) is 57.5 Å². The maximum Gasteiger partial charge on any atom is 0.325 e. The van der Waals surface area contributed by atoms with Gasteiger partial charge in [0.05, 0.1) is 11.8 Å². The molecular formula is C33H36N2O4. The number of carboxylic acids is 1. The molecule has 2 fully saturated rings. The molecule has 2 aliphatic heterocycles. The van der Waals surface area contributed by atoms with Crippen LogP contribution in [-0.4, -0.2) is 39.9 Å². The van der Waals surface area contributed by atoms with E-state index < -0.39 is 35.3 Å². The zero-order valence-electron chi connectivity index (χ0n) is 22.6. The molecule has 0 spiro atoms. The monoisotopic (exact) mass is 524 g/mol. The number of carbonyl (C=O) groups excluding carboxylic acids is 2. The molecule has 6 heteroatoms. The molecule has 2 amide bonds. The van der Waals surface area contributed by atoms with Gasteiger partial charge in [-0.05, 0) is 47.2 Å². The molecule has 0 radical (unpaired) electrons. The molecule has 2 N–H and O–H groups in total. The zero-order valence-corrected chi connectivity index (χ0v) is 22.6. The average molecular weight is 525 g/mol. The molecule has 6 nitrogen and oxygen atoms in total. The lowest BCUT2D eigenvalue weighted by Crippen LogP contribution is -2.57. The van der Waals surface area contributed by atoms with Crippen LogP contribution in [0.15, 0.2) is 78.9 Å². The highest BCUT2D eigenvalue weighted by atomic mass is 16.4. The first kappa shape index (κ1) is 26.8. The minimum Gasteiger partial charge on any atom is -0.480 e. The van der Waals surface area contributed by atoms with Gasteiger partial charge in [0.2, 0.25) is 11.8 Å². The van der Waals surface area contributed by atoms with Gasteiger partial charge >= 0.3 is 5.97 Å². The third kappa shape index (κ3) is 4.89. The molecule has 39 heavy (non-hydrogen) atoms. The molecule has 202 valence electrons. The zero-order chi connectivity index (χ0) is 27.6. The Bertz CT molecular complexity index is 1430. The van der Waals surface area contributed by atoms with Crippen LogP contribution in [0, 0.1) is 18.8 Å². The fraction of sp³-hybridized carbons (Fsp3) is 0.364. The van der Waals surface area contributed by atoms with Crippen LogP contribution in [-0.2, 0) is 20.8 Å². The number of carbonyl (C=O) groups is 3. The normalized spacial score (nSPS) is 24.7. The molecule has 0 saturated carbocycles. The molecule has 2 aliphatic rings. The summed E-state index contributed by atoms with van der Waals surface area (Å²) in [6, 6.07) is 20.9. The van der Waals surface area contributed by atoms with Crippen LogP contribution >= 0.6 is 0 Å². The predicted molar refractivity (Wildman–Crippen MR) is 152 cm³/mol. The number of hydrogen-bond donors (Lipinski definition) is 2. The van der Waals surface area contributed by atoms with E-state index in [2.05, 4.69) is 18.3 Å².